The molecule has 1 aliphatic rings. The van der Waals surface area contributed by atoms with Crippen LogP contribution in [0.15, 0.2) is 30.3 Å². The van der Waals surface area contributed by atoms with Gasteiger partial charge in [-0.15, -0.1) is 0 Å². The first-order valence-corrected chi connectivity index (χ1v) is 5.64. The second-order valence-corrected chi connectivity index (χ2v) is 4.27. The predicted molar refractivity (Wildman–Crippen MR) is 60.3 cm³/mol. The lowest BCUT2D eigenvalue weighted by Crippen LogP contribution is -2.46. The molecule has 1 fully saturated rings. The summed E-state index contributed by atoms with van der Waals surface area (Å²) in [7, 11) is 0. The molecule has 0 spiro atoms. The van der Waals surface area contributed by atoms with Crippen molar-refractivity contribution in [2.75, 3.05) is 6.61 Å². The van der Waals surface area contributed by atoms with Gasteiger partial charge >= 0.3 is 5.97 Å². The van der Waals surface area contributed by atoms with E-state index < -0.39 is 11.6 Å². The van der Waals surface area contributed by atoms with E-state index in [4.69, 9.17) is 4.74 Å². The van der Waals surface area contributed by atoms with Gasteiger partial charge in [-0.25, -0.2) is 4.79 Å². The van der Waals surface area contributed by atoms with Crippen molar-refractivity contribution in [2.45, 2.75) is 31.3 Å². The van der Waals surface area contributed by atoms with Crippen molar-refractivity contribution in [3.8, 4) is 0 Å². The maximum absolute atomic E-state index is 11.4. The van der Waals surface area contributed by atoms with Gasteiger partial charge in [-0.3, -0.25) is 0 Å². The third-order valence-corrected chi connectivity index (χ3v) is 3.08. The summed E-state index contributed by atoms with van der Waals surface area (Å²) in [6.45, 7) is 0.555. The Morgan fingerprint density at radius 2 is 2.06 bits per heavy atom. The van der Waals surface area contributed by atoms with E-state index in [0.717, 1.165) is 18.4 Å². The molecule has 3 nitrogen and oxygen atoms in total. The monoisotopic (exact) mass is 220 g/mol. The summed E-state index contributed by atoms with van der Waals surface area (Å²) in [4.78, 5) is 11.4. The third-order valence-electron chi connectivity index (χ3n) is 3.08. The van der Waals surface area contributed by atoms with Crippen molar-refractivity contribution in [2.24, 2.45) is 0 Å². The van der Waals surface area contributed by atoms with Gasteiger partial charge in [0.25, 0.3) is 0 Å². The molecule has 2 rings (SSSR count). The highest BCUT2D eigenvalue weighted by molar-refractivity contribution is 5.78. The Kier molecular flexibility index (Phi) is 3.25. The van der Waals surface area contributed by atoms with Crippen molar-refractivity contribution in [3.05, 3.63) is 35.9 Å². The Balaban J connectivity index is 2.17. The van der Waals surface area contributed by atoms with Gasteiger partial charge in [0.15, 0.2) is 5.60 Å². The number of hydrogen-bond donors (Lipinski definition) is 1. The van der Waals surface area contributed by atoms with Gasteiger partial charge in [0.05, 0.1) is 0 Å². The Labute approximate surface area is 95.0 Å². The van der Waals surface area contributed by atoms with E-state index in [1.165, 1.54) is 0 Å². The highest BCUT2D eigenvalue weighted by atomic mass is 16.5. The fraction of sp³-hybridized carbons (Fsp3) is 0.462. The molecule has 0 unspecified atom stereocenters. The lowest BCUT2D eigenvalue weighted by molar-refractivity contribution is -0.172. The zero-order valence-corrected chi connectivity index (χ0v) is 9.19. The van der Waals surface area contributed by atoms with Crippen LogP contribution in [0, 0.1) is 0 Å². The molecule has 16 heavy (non-hydrogen) atoms. The van der Waals surface area contributed by atoms with Crippen LogP contribution in [0.5, 0.6) is 0 Å². The average molecular weight is 220 g/mol. The molecule has 1 saturated heterocycles. The zero-order valence-electron chi connectivity index (χ0n) is 9.19. The molecule has 1 heterocycles. The SMILES string of the molecule is O=C(O)[C@@]1(Cc2ccccc2)CCCCO1. The summed E-state index contributed by atoms with van der Waals surface area (Å²) in [5.74, 6) is -0.837. The van der Waals surface area contributed by atoms with Crippen LogP contribution in [0.3, 0.4) is 0 Å². The van der Waals surface area contributed by atoms with Crippen molar-refractivity contribution in [1.82, 2.24) is 0 Å². The molecule has 1 N–H and O–H groups in total. The molecule has 1 atom stereocenters. The quantitative estimate of drug-likeness (QED) is 0.849. The second kappa shape index (κ2) is 4.66. The third kappa shape index (κ3) is 2.25. The fourth-order valence-electron chi connectivity index (χ4n) is 2.16. The first-order chi connectivity index (χ1) is 7.73. The Bertz CT molecular complexity index is 353. The van der Waals surface area contributed by atoms with Gasteiger partial charge in [0.1, 0.15) is 0 Å². The normalized spacial score (nSPS) is 25.2. The number of rotatable bonds is 3. The number of carbonyl (C=O) groups is 1. The van der Waals surface area contributed by atoms with Gasteiger partial charge in [-0.05, 0) is 24.8 Å². The Morgan fingerprint density at radius 1 is 1.31 bits per heavy atom. The van der Waals surface area contributed by atoms with Crippen molar-refractivity contribution >= 4 is 5.97 Å². The first kappa shape index (κ1) is 11.1. The fourth-order valence-corrected chi connectivity index (χ4v) is 2.16. The van der Waals surface area contributed by atoms with E-state index in [0.29, 0.717) is 19.4 Å². The van der Waals surface area contributed by atoms with Crippen LogP contribution < -0.4 is 0 Å². The molecule has 0 aromatic heterocycles. The van der Waals surface area contributed by atoms with E-state index in [2.05, 4.69) is 0 Å². The molecule has 1 aromatic rings. The van der Waals surface area contributed by atoms with Crippen LogP contribution in [0.4, 0.5) is 0 Å². The van der Waals surface area contributed by atoms with Gasteiger partial charge < -0.3 is 9.84 Å². The van der Waals surface area contributed by atoms with Gasteiger partial charge in [0, 0.05) is 13.0 Å². The van der Waals surface area contributed by atoms with E-state index in [1.807, 2.05) is 30.3 Å². The minimum Gasteiger partial charge on any atom is -0.479 e. The Morgan fingerprint density at radius 3 is 2.62 bits per heavy atom. The summed E-state index contributed by atoms with van der Waals surface area (Å²) in [6.07, 6.45) is 2.96. The lowest BCUT2D eigenvalue weighted by atomic mass is 9.87. The molecule has 0 aliphatic carbocycles. The maximum Gasteiger partial charge on any atom is 0.336 e. The van der Waals surface area contributed by atoms with E-state index in [9.17, 15) is 9.90 Å². The summed E-state index contributed by atoms with van der Waals surface area (Å²) >= 11 is 0. The van der Waals surface area contributed by atoms with Crippen LogP contribution in [0.2, 0.25) is 0 Å². The molecule has 1 aromatic carbocycles. The molecule has 0 amide bonds. The molecular weight excluding hydrogens is 204 g/mol. The first-order valence-electron chi connectivity index (χ1n) is 5.64. The average Bonchev–Trinajstić information content (AvgIpc) is 2.31. The number of carboxylic acid groups (broad SMARTS) is 1. The summed E-state index contributed by atoms with van der Waals surface area (Å²) in [5.41, 5.74) is 0.0198. The van der Waals surface area contributed by atoms with Gasteiger partial charge in [-0.2, -0.15) is 0 Å². The number of hydrogen-bond acceptors (Lipinski definition) is 2. The molecule has 0 radical (unpaired) electrons. The highest BCUT2D eigenvalue weighted by Gasteiger charge is 2.41. The topological polar surface area (TPSA) is 46.5 Å². The number of carboxylic acids is 1. The van der Waals surface area contributed by atoms with Gasteiger partial charge in [-0.1, -0.05) is 30.3 Å². The van der Waals surface area contributed by atoms with Crippen LogP contribution in [-0.4, -0.2) is 23.3 Å². The highest BCUT2D eigenvalue weighted by Crippen LogP contribution is 2.29. The number of benzene rings is 1. The molecule has 3 heteroatoms. The van der Waals surface area contributed by atoms with Gasteiger partial charge in [0.2, 0.25) is 0 Å². The molecule has 0 bridgehead atoms. The number of aliphatic carboxylic acids is 1. The molecule has 1 aliphatic heterocycles. The summed E-state index contributed by atoms with van der Waals surface area (Å²) in [5, 5.41) is 9.33. The lowest BCUT2D eigenvalue weighted by Gasteiger charge is -2.33. The minimum absolute atomic E-state index is 0.461. The maximum atomic E-state index is 11.4. The summed E-state index contributed by atoms with van der Waals surface area (Å²) < 4.78 is 5.53. The van der Waals surface area contributed by atoms with Crippen molar-refractivity contribution < 1.29 is 14.6 Å². The van der Waals surface area contributed by atoms with E-state index >= 15 is 0 Å². The van der Waals surface area contributed by atoms with Crippen LogP contribution >= 0.6 is 0 Å². The molecular formula is C13H16O3. The van der Waals surface area contributed by atoms with Crippen LogP contribution in [-0.2, 0) is 16.0 Å². The van der Waals surface area contributed by atoms with Crippen LogP contribution in [0.1, 0.15) is 24.8 Å². The van der Waals surface area contributed by atoms with Crippen LogP contribution in [0.25, 0.3) is 0 Å². The predicted octanol–water partition coefficient (Wildman–Crippen LogP) is 2.25. The van der Waals surface area contributed by atoms with E-state index in [1.54, 1.807) is 0 Å². The van der Waals surface area contributed by atoms with Crippen molar-refractivity contribution in [3.63, 3.8) is 0 Å². The number of ether oxygens (including phenoxy) is 1. The largest absolute Gasteiger partial charge is 0.479 e. The standard InChI is InChI=1S/C13H16O3/c14-12(15)13(8-4-5-9-16-13)10-11-6-2-1-3-7-11/h1-3,6-7H,4-5,8-10H2,(H,14,15)/t13-/m0/s1. The summed E-state index contributed by atoms with van der Waals surface area (Å²) in [6, 6.07) is 9.67. The van der Waals surface area contributed by atoms with E-state index in [-0.39, 0.29) is 0 Å². The zero-order chi connectivity index (χ0) is 11.4. The second-order valence-electron chi connectivity index (χ2n) is 4.27. The smallest absolute Gasteiger partial charge is 0.336 e. The Hall–Kier alpha value is -1.35. The molecule has 0 saturated carbocycles. The minimum atomic E-state index is -1.00. The molecule has 86 valence electrons. The van der Waals surface area contributed by atoms with Crippen molar-refractivity contribution in [1.29, 1.82) is 0 Å².